The summed E-state index contributed by atoms with van der Waals surface area (Å²) in [5, 5.41) is 0. The zero-order chi connectivity index (χ0) is 7.21. The van der Waals surface area contributed by atoms with Crippen LogP contribution in [0, 0.1) is 0 Å². The minimum absolute atomic E-state index is 0. The fourth-order valence-corrected chi connectivity index (χ4v) is 0. The fraction of sp³-hybridized carbons (Fsp3) is 0. The fourth-order valence-electron chi connectivity index (χ4n) is 0. The Morgan fingerprint density at radius 2 is 1.33 bits per heavy atom. The first-order chi connectivity index (χ1) is 3.41. The molecule has 0 bridgehead atoms. The molecular weight excluding hydrogens is 182 g/mol. The molecule has 0 saturated heterocycles. The molecule has 0 rings (SSSR count). The molecule has 0 heterocycles. The molecule has 0 aliphatic rings. The van der Waals surface area contributed by atoms with Crippen molar-refractivity contribution in [2.24, 2.45) is 0 Å². The van der Waals surface area contributed by atoms with E-state index in [1.807, 2.05) is 0 Å². The normalized spacial score (nSPS) is 8.78. The summed E-state index contributed by atoms with van der Waals surface area (Å²) in [4.78, 5) is 6.99. The van der Waals surface area contributed by atoms with Crippen LogP contribution in [0.3, 0.4) is 0 Å². The van der Waals surface area contributed by atoms with Crippen molar-refractivity contribution in [3.05, 3.63) is 0 Å². The first-order valence-corrected chi connectivity index (χ1v) is 3.24. The molecule has 0 aliphatic heterocycles. The Bertz CT molecular complexity index is 132. The van der Waals surface area contributed by atoms with Crippen LogP contribution in [0.1, 0.15) is 1.43 Å². The second kappa shape index (κ2) is 8.93. The topological polar surface area (TPSA) is 112 Å². The minimum Gasteiger partial charge on any atom is -1.00 e. The van der Waals surface area contributed by atoms with Gasteiger partial charge in [-0.1, -0.05) is 0 Å². The summed E-state index contributed by atoms with van der Waals surface area (Å²) in [5.74, 6) is 0. The van der Waals surface area contributed by atoms with E-state index >= 15 is 0 Å². The Hall–Kier alpha value is 0.930. The van der Waals surface area contributed by atoms with E-state index in [0.717, 1.165) is 0 Å². The van der Waals surface area contributed by atoms with Gasteiger partial charge in [-0.15, -0.1) is 0 Å². The third-order valence-corrected chi connectivity index (χ3v) is 0. The summed E-state index contributed by atoms with van der Waals surface area (Å²) in [7, 11) is -5.50. The van der Waals surface area contributed by atoms with Crippen LogP contribution in [0.2, 0.25) is 0 Å². The Morgan fingerprint density at radius 1 is 1.33 bits per heavy atom. The predicted molar refractivity (Wildman–Crippen MR) is 25.1 cm³/mol. The minimum atomic E-state index is -4.67. The smallest absolute Gasteiger partial charge is 1.00 e. The van der Waals surface area contributed by atoms with Crippen LogP contribution in [-0.2, 0) is 15.0 Å². The molecular formula is H4NaO6PS. The molecule has 0 aromatic heterocycles. The average Bonchev–Trinajstić information content (AvgIpc) is 1.27. The van der Waals surface area contributed by atoms with E-state index in [1.54, 1.807) is 0 Å². The van der Waals surface area contributed by atoms with Crippen LogP contribution in [0.5, 0.6) is 0 Å². The van der Waals surface area contributed by atoms with Crippen LogP contribution in [0.15, 0.2) is 0 Å². The van der Waals surface area contributed by atoms with Gasteiger partial charge in [0.15, 0.2) is 0 Å². The third-order valence-electron chi connectivity index (χ3n) is 0. The van der Waals surface area contributed by atoms with E-state index in [4.69, 9.17) is 27.0 Å². The van der Waals surface area contributed by atoms with E-state index in [-0.39, 0.29) is 31.0 Å². The van der Waals surface area contributed by atoms with E-state index in [0.29, 0.717) is 0 Å². The van der Waals surface area contributed by atoms with Gasteiger partial charge in [0, 0.05) is 0 Å². The van der Waals surface area contributed by atoms with Crippen molar-refractivity contribution in [2.75, 3.05) is 0 Å². The quantitative estimate of drug-likeness (QED) is 0.207. The second-order valence-corrected chi connectivity index (χ2v) is 1.59. The zero-order valence-corrected chi connectivity index (χ0v) is 8.13. The van der Waals surface area contributed by atoms with Gasteiger partial charge in [0.2, 0.25) is 0 Å². The van der Waals surface area contributed by atoms with Crippen LogP contribution in [-0.4, -0.2) is 22.4 Å². The van der Waals surface area contributed by atoms with Crippen molar-refractivity contribution < 1.29 is 58.0 Å². The molecule has 0 radical (unpaired) electrons. The molecule has 0 aromatic carbocycles. The van der Waals surface area contributed by atoms with Gasteiger partial charge >= 0.3 is 48.6 Å². The van der Waals surface area contributed by atoms with Crippen molar-refractivity contribution in [3.8, 4) is 0 Å². The van der Waals surface area contributed by atoms with Gasteiger partial charge in [-0.25, -0.2) is 4.57 Å². The van der Waals surface area contributed by atoms with Gasteiger partial charge < -0.3 is 6.32 Å². The Morgan fingerprint density at radius 3 is 1.33 bits per heavy atom. The van der Waals surface area contributed by atoms with Gasteiger partial charge in [-0.2, -0.15) is 8.42 Å². The summed E-state index contributed by atoms with van der Waals surface area (Å²) < 4.78 is 40.0. The van der Waals surface area contributed by atoms with Crippen LogP contribution in [0.25, 0.3) is 0 Å². The molecule has 0 atom stereocenters. The Labute approximate surface area is 76.9 Å². The molecule has 0 spiro atoms. The van der Waals surface area contributed by atoms with Gasteiger partial charge in [0.1, 0.15) is 0 Å². The van der Waals surface area contributed by atoms with Crippen molar-refractivity contribution in [2.45, 2.75) is 0 Å². The van der Waals surface area contributed by atoms with Gasteiger partial charge in [-0.05, 0) is 0 Å². The van der Waals surface area contributed by atoms with Crippen molar-refractivity contribution in [1.29, 1.82) is 0 Å². The summed E-state index contributed by atoms with van der Waals surface area (Å²) in [6.07, 6.45) is 0. The van der Waals surface area contributed by atoms with Crippen molar-refractivity contribution in [1.82, 2.24) is 0 Å². The van der Waals surface area contributed by atoms with Crippen molar-refractivity contribution in [3.63, 3.8) is 0 Å². The summed E-state index contributed by atoms with van der Waals surface area (Å²) in [5.41, 5.74) is 0. The van der Waals surface area contributed by atoms with Crippen LogP contribution < -0.4 is 29.6 Å². The van der Waals surface area contributed by atoms with E-state index < -0.39 is 19.1 Å². The monoisotopic (exact) mass is 186 g/mol. The maximum absolute atomic E-state index is 8.74. The molecule has 9 heavy (non-hydrogen) atoms. The van der Waals surface area contributed by atoms with Gasteiger partial charge in [-0.3, -0.25) is 9.11 Å². The standard InChI is InChI=1S/Na.H2O4S.HO2P.H/c;1-5(2,3)4;1-3-2;/h;(H2,1,2,3,4);(H,1,2);/q+1;;;-1. The van der Waals surface area contributed by atoms with E-state index in [2.05, 4.69) is 0 Å². The molecule has 6 nitrogen and oxygen atoms in total. The molecule has 0 amide bonds. The Kier molecular flexibility index (Phi) is 16.4. The molecule has 0 unspecified atom stereocenters. The maximum atomic E-state index is 8.74. The first kappa shape index (κ1) is 16.5. The van der Waals surface area contributed by atoms with E-state index in [9.17, 15) is 0 Å². The van der Waals surface area contributed by atoms with Gasteiger partial charge in [0.25, 0.3) is 0 Å². The van der Waals surface area contributed by atoms with Crippen molar-refractivity contribution >= 4 is 19.1 Å². The third kappa shape index (κ3) is 496. The number of rotatable bonds is 0. The molecule has 0 fully saturated rings. The predicted octanol–water partition coefficient (Wildman–Crippen LogP) is -3.35. The summed E-state index contributed by atoms with van der Waals surface area (Å²) in [6, 6.07) is 0. The average molecular weight is 186 g/mol. The number of hydrogen-bond acceptors (Lipinski definition) is 3. The Balaban J connectivity index is -0.0000000326. The SMILES string of the molecule is O=PO.O=S(=O)(O)O.[H-].[Na+]. The number of hydrogen-bond donors (Lipinski definition) is 3. The molecule has 9 heteroatoms. The van der Waals surface area contributed by atoms with Crippen LogP contribution >= 0.6 is 8.69 Å². The van der Waals surface area contributed by atoms with Gasteiger partial charge in [0.05, 0.1) is 0 Å². The summed E-state index contributed by atoms with van der Waals surface area (Å²) >= 11 is 0. The molecule has 3 N–H and O–H groups in total. The zero-order valence-electron chi connectivity index (χ0n) is 5.42. The molecule has 0 aromatic rings. The van der Waals surface area contributed by atoms with Crippen LogP contribution in [0.4, 0.5) is 0 Å². The largest absolute Gasteiger partial charge is 1.00 e. The summed E-state index contributed by atoms with van der Waals surface area (Å²) in [6.45, 7) is 0. The molecule has 0 saturated carbocycles. The first-order valence-electron chi connectivity index (χ1n) is 1.08. The molecule has 52 valence electrons. The molecule has 0 aliphatic carbocycles. The van der Waals surface area contributed by atoms with E-state index in [1.165, 1.54) is 0 Å². The maximum Gasteiger partial charge on any atom is 1.00 e. The second-order valence-electron chi connectivity index (χ2n) is 0.529.